The predicted molar refractivity (Wildman–Crippen MR) is 99.3 cm³/mol. The summed E-state index contributed by atoms with van der Waals surface area (Å²) in [6, 6.07) is 2.18. The first kappa shape index (κ1) is 20.0. The molecule has 3 rings (SSSR count). The molecule has 2 aromatic rings. The second-order valence-electron chi connectivity index (χ2n) is 6.34. The van der Waals surface area contributed by atoms with Gasteiger partial charge in [0.1, 0.15) is 5.92 Å². The number of aromatic amines is 2. The maximum absolute atomic E-state index is 12.6. The fourth-order valence-corrected chi connectivity index (χ4v) is 3.47. The van der Waals surface area contributed by atoms with Crippen LogP contribution in [-0.2, 0) is 9.59 Å². The zero-order valence-electron chi connectivity index (χ0n) is 16.2. The Labute approximate surface area is 164 Å². The van der Waals surface area contributed by atoms with Gasteiger partial charge in [0, 0.05) is 17.2 Å². The summed E-state index contributed by atoms with van der Waals surface area (Å²) < 4.78 is 16.0. The minimum Gasteiger partial charge on any atom is -0.493 e. The van der Waals surface area contributed by atoms with Crippen molar-refractivity contribution in [3.63, 3.8) is 0 Å². The molecule has 0 radical (unpaired) electrons. The molecule has 154 valence electrons. The van der Waals surface area contributed by atoms with Crippen LogP contribution in [0.5, 0.6) is 17.2 Å². The molecule has 1 fully saturated rings. The normalized spacial score (nSPS) is 15.5. The van der Waals surface area contributed by atoms with Crippen LogP contribution in [0.1, 0.15) is 22.7 Å². The van der Waals surface area contributed by atoms with Crippen molar-refractivity contribution in [3.05, 3.63) is 39.3 Å². The van der Waals surface area contributed by atoms with Gasteiger partial charge in [-0.25, -0.2) is 4.79 Å². The van der Waals surface area contributed by atoms with Crippen LogP contribution in [0, 0.1) is 12.8 Å². The summed E-state index contributed by atoms with van der Waals surface area (Å²) in [7, 11) is 4.28. The third kappa shape index (κ3) is 3.42. The van der Waals surface area contributed by atoms with Gasteiger partial charge in [0.05, 0.1) is 21.3 Å². The van der Waals surface area contributed by atoms with Crippen LogP contribution in [-0.4, -0.2) is 49.4 Å². The van der Waals surface area contributed by atoms with E-state index in [0.29, 0.717) is 17.0 Å². The van der Waals surface area contributed by atoms with Gasteiger partial charge in [-0.05, 0) is 24.6 Å². The molecule has 0 bridgehead atoms. The Bertz CT molecular complexity index is 994. The van der Waals surface area contributed by atoms with E-state index in [0.717, 1.165) is 0 Å². The van der Waals surface area contributed by atoms with Crippen LogP contribution in [0.25, 0.3) is 0 Å². The van der Waals surface area contributed by atoms with E-state index in [1.807, 2.05) is 0 Å². The lowest BCUT2D eigenvalue weighted by Gasteiger charge is -2.28. The molecule has 29 heavy (non-hydrogen) atoms. The number of carbonyl (C=O) groups excluding carboxylic acids is 3. The van der Waals surface area contributed by atoms with Crippen molar-refractivity contribution < 1.29 is 28.6 Å². The van der Waals surface area contributed by atoms with E-state index in [1.165, 1.54) is 21.3 Å². The molecule has 1 saturated heterocycles. The van der Waals surface area contributed by atoms with Crippen molar-refractivity contribution in [2.75, 3.05) is 21.3 Å². The average Bonchev–Trinajstić information content (AvgIpc) is 3.01. The molecule has 1 aliphatic rings. The molecule has 0 spiro atoms. The first-order valence-electron chi connectivity index (χ1n) is 8.55. The lowest BCUT2D eigenvalue weighted by atomic mass is 9.78. The summed E-state index contributed by atoms with van der Waals surface area (Å²) in [5.41, 5.74) is 0.492. The molecule has 11 nitrogen and oxygen atoms in total. The highest BCUT2D eigenvalue weighted by Crippen LogP contribution is 2.43. The number of imide groups is 2. The molecule has 1 aromatic carbocycles. The standard InChI is InChI=1S/C18H20N4O7/c1-7-11(17(25)22-21-7)12(13-15(23)19-18(26)20-16(13)24)8-5-9(27-2)14(29-4)10(6-8)28-3/h5-6,12-13H,1-4H3,(H2,21,22,25)(H2,19,20,23,24,26). The molecule has 4 amide bonds. The van der Waals surface area contributed by atoms with Crippen LogP contribution in [0.15, 0.2) is 16.9 Å². The van der Waals surface area contributed by atoms with Gasteiger partial charge in [-0.1, -0.05) is 0 Å². The van der Waals surface area contributed by atoms with Crippen molar-refractivity contribution >= 4 is 17.8 Å². The molecular weight excluding hydrogens is 384 g/mol. The minimum absolute atomic E-state index is 0.170. The zero-order chi connectivity index (χ0) is 21.3. The number of benzene rings is 1. The smallest absolute Gasteiger partial charge is 0.328 e. The van der Waals surface area contributed by atoms with Gasteiger partial charge in [-0.15, -0.1) is 0 Å². The first-order chi connectivity index (χ1) is 13.8. The predicted octanol–water partition coefficient (Wildman–Crippen LogP) is 0.151. The fraction of sp³-hybridized carbons (Fsp3) is 0.333. The SMILES string of the molecule is COc1cc(C(c2c(C)[nH][nH]c2=O)C2C(=O)NC(=O)NC2=O)cc(OC)c1OC. The molecule has 11 heteroatoms. The third-order valence-electron chi connectivity index (χ3n) is 4.74. The molecule has 1 atom stereocenters. The third-order valence-corrected chi connectivity index (χ3v) is 4.74. The van der Waals surface area contributed by atoms with Gasteiger partial charge in [0.15, 0.2) is 11.5 Å². The van der Waals surface area contributed by atoms with E-state index in [-0.39, 0.29) is 17.1 Å². The van der Waals surface area contributed by atoms with Gasteiger partial charge in [-0.2, -0.15) is 0 Å². The number of hydrogen-bond acceptors (Lipinski definition) is 7. The topological polar surface area (TPSA) is 152 Å². The van der Waals surface area contributed by atoms with E-state index in [9.17, 15) is 19.2 Å². The number of methoxy groups -OCH3 is 3. The Hall–Kier alpha value is -3.76. The summed E-state index contributed by atoms with van der Waals surface area (Å²) in [6.45, 7) is 1.63. The highest BCUT2D eigenvalue weighted by atomic mass is 16.5. The number of barbiturate groups is 1. The number of urea groups is 1. The summed E-state index contributed by atoms with van der Waals surface area (Å²) in [4.78, 5) is 49.2. The van der Waals surface area contributed by atoms with Crippen LogP contribution in [0.2, 0.25) is 0 Å². The van der Waals surface area contributed by atoms with Crippen LogP contribution in [0.3, 0.4) is 0 Å². The van der Waals surface area contributed by atoms with E-state index in [4.69, 9.17) is 14.2 Å². The number of H-pyrrole nitrogens is 2. The van der Waals surface area contributed by atoms with Crippen molar-refractivity contribution in [1.82, 2.24) is 20.8 Å². The number of rotatable bonds is 6. The maximum Gasteiger partial charge on any atom is 0.328 e. The summed E-state index contributed by atoms with van der Waals surface area (Å²) in [5.74, 6) is -3.19. The number of carbonyl (C=O) groups is 3. The molecule has 1 aromatic heterocycles. The lowest BCUT2D eigenvalue weighted by Crippen LogP contribution is -2.57. The zero-order valence-corrected chi connectivity index (χ0v) is 16.2. The van der Waals surface area contributed by atoms with E-state index < -0.39 is 35.2 Å². The van der Waals surface area contributed by atoms with Crippen LogP contribution < -0.4 is 30.4 Å². The van der Waals surface area contributed by atoms with Crippen LogP contribution in [0.4, 0.5) is 4.79 Å². The van der Waals surface area contributed by atoms with Crippen molar-refractivity contribution in [2.24, 2.45) is 5.92 Å². The van der Waals surface area contributed by atoms with Gasteiger partial charge in [0.25, 0.3) is 5.56 Å². The quantitative estimate of drug-likeness (QED) is 0.500. The maximum atomic E-state index is 12.6. The number of aryl methyl sites for hydroxylation is 1. The van der Waals surface area contributed by atoms with E-state index in [1.54, 1.807) is 19.1 Å². The second kappa shape index (κ2) is 7.70. The monoisotopic (exact) mass is 404 g/mol. The molecular formula is C18H20N4O7. The number of amides is 4. The van der Waals surface area contributed by atoms with E-state index in [2.05, 4.69) is 20.8 Å². The minimum atomic E-state index is -1.38. The van der Waals surface area contributed by atoms with Crippen molar-refractivity contribution in [2.45, 2.75) is 12.8 Å². The van der Waals surface area contributed by atoms with Gasteiger partial charge in [0.2, 0.25) is 17.6 Å². The molecule has 0 saturated carbocycles. The highest BCUT2D eigenvalue weighted by Gasteiger charge is 2.44. The van der Waals surface area contributed by atoms with Crippen LogP contribution >= 0.6 is 0 Å². The Balaban J connectivity index is 2.27. The summed E-state index contributed by atoms with van der Waals surface area (Å²) in [6.07, 6.45) is 0. The number of nitrogens with one attached hydrogen (secondary N) is 4. The Morgan fingerprint density at radius 3 is 1.83 bits per heavy atom. The second-order valence-corrected chi connectivity index (χ2v) is 6.34. The Morgan fingerprint density at radius 2 is 1.41 bits per heavy atom. The van der Waals surface area contributed by atoms with Crippen molar-refractivity contribution in [3.8, 4) is 17.2 Å². The lowest BCUT2D eigenvalue weighted by molar-refractivity contribution is -0.136. The molecule has 0 aliphatic carbocycles. The molecule has 4 N–H and O–H groups in total. The number of hydrogen-bond donors (Lipinski definition) is 4. The summed E-state index contributed by atoms with van der Waals surface area (Å²) in [5, 5.41) is 9.28. The number of aromatic nitrogens is 2. The average molecular weight is 404 g/mol. The van der Waals surface area contributed by atoms with Gasteiger partial charge >= 0.3 is 6.03 Å². The highest BCUT2D eigenvalue weighted by molar-refractivity contribution is 6.17. The molecule has 2 heterocycles. The van der Waals surface area contributed by atoms with E-state index >= 15 is 0 Å². The van der Waals surface area contributed by atoms with Gasteiger partial charge < -0.3 is 19.3 Å². The Morgan fingerprint density at radius 1 is 0.862 bits per heavy atom. The number of ether oxygens (including phenoxy) is 3. The molecule has 1 aliphatic heterocycles. The summed E-state index contributed by atoms with van der Waals surface area (Å²) >= 11 is 0. The largest absolute Gasteiger partial charge is 0.493 e. The fourth-order valence-electron chi connectivity index (χ4n) is 3.47. The van der Waals surface area contributed by atoms with Crippen molar-refractivity contribution in [1.29, 1.82) is 0 Å². The molecule has 1 unspecified atom stereocenters. The first-order valence-corrected chi connectivity index (χ1v) is 8.55. The van der Waals surface area contributed by atoms with Gasteiger partial charge in [-0.3, -0.25) is 30.1 Å². The Kier molecular flexibility index (Phi) is 5.31.